The summed E-state index contributed by atoms with van der Waals surface area (Å²) in [6.45, 7) is -0.309. The molecule has 3 aromatic rings. The van der Waals surface area contributed by atoms with E-state index < -0.39 is 5.91 Å². The van der Waals surface area contributed by atoms with Crippen LogP contribution in [-0.4, -0.2) is 25.5 Å². The van der Waals surface area contributed by atoms with Gasteiger partial charge in [-0.05, 0) is 36.4 Å². The molecule has 1 heterocycles. The standard InChI is InChI=1S/C22H19FN2O4S/c1-28-18-9-6-14(12-19(18)29-13-21(24)26)25-22(27)11-8-15-7-10-20(30-15)16-4-2-3-5-17(16)23/h2-12H,13H2,1H3,(H2,24,26)(H,25,27)/b11-8+. The van der Waals surface area contributed by atoms with Crippen molar-refractivity contribution >= 4 is 34.9 Å². The summed E-state index contributed by atoms with van der Waals surface area (Å²) in [5.41, 5.74) is 6.07. The van der Waals surface area contributed by atoms with E-state index in [1.165, 1.54) is 36.7 Å². The molecule has 0 fully saturated rings. The summed E-state index contributed by atoms with van der Waals surface area (Å²) in [5.74, 6) is -0.585. The van der Waals surface area contributed by atoms with Crippen LogP contribution in [0.2, 0.25) is 0 Å². The molecule has 0 saturated carbocycles. The lowest BCUT2D eigenvalue weighted by Gasteiger charge is -2.11. The quantitative estimate of drug-likeness (QED) is 0.531. The molecule has 154 valence electrons. The summed E-state index contributed by atoms with van der Waals surface area (Å²) in [6.07, 6.45) is 3.03. The van der Waals surface area contributed by atoms with Crippen LogP contribution in [-0.2, 0) is 9.59 Å². The van der Waals surface area contributed by atoms with Gasteiger partial charge in [-0.2, -0.15) is 0 Å². The number of hydrogen-bond donors (Lipinski definition) is 2. The number of ether oxygens (including phenoxy) is 2. The third-order valence-corrected chi connectivity index (χ3v) is 5.05. The predicted molar refractivity (Wildman–Crippen MR) is 115 cm³/mol. The second-order valence-electron chi connectivity index (χ2n) is 6.13. The van der Waals surface area contributed by atoms with E-state index in [1.54, 1.807) is 36.4 Å². The van der Waals surface area contributed by atoms with Gasteiger partial charge >= 0.3 is 0 Å². The Bertz CT molecular complexity index is 1090. The number of primary amides is 1. The van der Waals surface area contributed by atoms with E-state index in [9.17, 15) is 14.0 Å². The van der Waals surface area contributed by atoms with Crippen LogP contribution in [0.3, 0.4) is 0 Å². The summed E-state index contributed by atoms with van der Waals surface area (Å²) in [6, 6.07) is 15.0. The molecule has 6 nitrogen and oxygen atoms in total. The first-order valence-corrected chi connectivity index (χ1v) is 9.71. The SMILES string of the molecule is COc1ccc(NC(=O)/C=C/c2ccc(-c3ccccc3F)s2)cc1OCC(N)=O. The third kappa shape index (κ3) is 5.45. The molecular formula is C22H19FN2O4S. The van der Waals surface area contributed by atoms with Crippen LogP contribution in [0.25, 0.3) is 16.5 Å². The van der Waals surface area contributed by atoms with E-state index in [0.717, 1.165) is 9.75 Å². The second-order valence-corrected chi connectivity index (χ2v) is 7.24. The molecule has 3 N–H and O–H groups in total. The molecule has 8 heteroatoms. The van der Waals surface area contributed by atoms with Crippen molar-refractivity contribution in [3.05, 3.63) is 71.4 Å². The minimum atomic E-state index is -0.625. The topological polar surface area (TPSA) is 90.7 Å². The molecule has 2 aromatic carbocycles. The predicted octanol–water partition coefficient (Wildman–Crippen LogP) is 4.08. The van der Waals surface area contributed by atoms with E-state index >= 15 is 0 Å². The van der Waals surface area contributed by atoms with Gasteiger partial charge in [0.05, 0.1) is 7.11 Å². The van der Waals surface area contributed by atoms with Gasteiger partial charge in [0.15, 0.2) is 18.1 Å². The average molecular weight is 426 g/mol. The van der Waals surface area contributed by atoms with Crippen LogP contribution in [0.1, 0.15) is 4.88 Å². The largest absolute Gasteiger partial charge is 0.493 e. The second kappa shape index (κ2) is 9.71. The van der Waals surface area contributed by atoms with E-state index in [1.807, 2.05) is 12.1 Å². The van der Waals surface area contributed by atoms with Crippen LogP contribution in [0.15, 0.2) is 60.7 Å². The highest BCUT2D eigenvalue weighted by atomic mass is 32.1. The van der Waals surface area contributed by atoms with Crippen molar-refractivity contribution in [2.24, 2.45) is 5.73 Å². The Morgan fingerprint density at radius 1 is 1.13 bits per heavy atom. The van der Waals surface area contributed by atoms with Crippen molar-refractivity contribution in [3.63, 3.8) is 0 Å². The number of anilines is 1. The molecule has 0 spiro atoms. The maximum atomic E-state index is 13.9. The van der Waals surface area contributed by atoms with Crippen LogP contribution < -0.4 is 20.5 Å². The molecule has 2 amide bonds. The van der Waals surface area contributed by atoms with E-state index in [0.29, 0.717) is 17.0 Å². The summed E-state index contributed by atoms with van der Waals surface area (Å²) >= 11 is 1.38. The van der Waals surface area contributed by atoms with Gasteiger partial charge < -0.3 is 20.5 Å². The van der Waals surface area contributed by atoms with Crippen LogP contribution in [0.5, 0.6) is 11.5 Å². The number of nitrogens with two attached hydrogens (primary N) is 1. The van der Waals surface area contributed by atoms with Crippen molar-refractivity contribution in [3.8, 4) is 21.9 Å². The molecule has 30 heavy (non-hydrogen) atoms. The monoisotopic (exact) mass is 426 g/mol. The summed E-state index contributed by atoms with van der Waals surface area (Å²) in [4.78, 5) is 24.8. The van der Waals surface area contributed by atoms with Gasteiger partial charge in [-0.15, -0.1) is 11.3 Å². The summed E-state index contributed by atoms with van der Waals surface area (Å²) in [5, 5.41) is 2.71. The number of hydrogen-bond acceptors (Lipinski definition) is 5. The fraction of sp³-hybridized carbons (Fsp3) is 0.0909. The smallest absolute Gasteiger partial charge is 0.255 e. The van der Waals surface area contributed by atoms with Gasteiger partial charge in [0.25, 0.3) is 5.91 Å². The van der Waals surface area contributed by atoms with E-state index in [-0.39, 0.29) is 24.1 Å². The van der Waals surface area contributed by atoms with Crippen molar-refractivity contribution in [1.29, 1.82) is 0 Å². The zero-order chi connectivity index (χ0) is 21.5. The van der Waals surface area contributed by atoms with Crippen LogP contribution in [0.4, 0.5) is 10.1 Å². The summed E-state index contributed by atoms with van der Waals surface area (Å²) in [7, 11) is 1.46. The normalized spacial score (nSPS) is 10.7. The van der Waals surface area contributed by atoms with Crippen molar-refractivity contribution < 1.29 is 23.5 Å². The Kier molecular flexibility index (Phi) is 6.82. The molecule has 0 radical (unpaired) electrons. The molecule has 0 aliphatic rings. The maximum absolute atomic E-state index is 13.9. The highest BCUT2D eigenvalue weighted by Crippen LogP contribution is 2.31. The number of benzene rings is 2. The zero-order valence-electron chi connectivity index (χ0n) is 16.1. The van der Waals surface area contributed by atoms with Gasteiger partial charge in [-0.1, -0.05) is 18.2 Å². The molecule has 3 rings (SSSR count). The number of carbonyl (C=O) groups is 2. The molecule has 0 aliphatic carbocycles. The summed E-state index contributed by atoms with van der Waals surface area (Å²) < 4.78 is 24.4. The van der Waals surface area contributed by atoms with Crippen molar-refractivity contribution in [2.75, 3.05) is 19.0 Å². The average Bonchev–Trinajstić information content (AvgIpc) is 3.20. The molecule has 0 atom stereocenters. The lowest BCUT2D eigenvalue weighted by molar-refractivity contribution is -0.120. The van der Waals surface area contributed by atoms with Gasteiger partial charge in [-0.25, -0.2) is 4.39 Å². The molecule has 0 saturated heterocycles. The lowest BCUT2D eigenvalue weighted by Crippen LogP contribution is -2.20. The fourth-order valence-corrected chi connectivity index (χ4v) is 3.54. The van der Waals surface area contributed by atoms with Crippen molar-refractivity contribution in [2.45, 2.75) is 0 Å². The van der Waals surface area contributed by atoms with Crippen LogP contribution in [0, 0.1) is 5.82 Å². The highest BCUT2D eigenvalue weighted by Gasteiger charge is 2.09. The first-order chi connectivity index (χ1) is 14.5. The number of methoxy groups -OCH3 is 1. The Morgan fingerprint density at radius 3 is 2.67 bits per heavy atom. The Morgan fingerprint density at radius 2 is 1.93 bits per heavy atom. The molecule has 0 aliphatic heterocycles. The molecular weight excluding hydrogens is 407 g/mol. The number of amides is 2. The molecule has 0 unspecified atom stereocenters. The number of halogens is 1. The first kappa shape index (κ1) is 21.1. The maximum Gasteiger partial charge on any atom is 0.255 e. The van der Waals surface area contributed by atoms with Gasteiger partial charge in [-0.3, -0.25) is 9.59 Å². The van der Waals surface area contributed by atoms with Gasteiger partial charge in [0, 0.05) is 33.1 Å². The third-order valence-electron chi connectivity index (χ3n) is 3.97. The van der Waals surface area contributed by atoms with Crippen LogP contribution >= 0.6 is 11.3 Å². The Hall–Kier alpha value is -3.65. The minimum absolute atomic E-state index is 0.283. The number of nitrogens with one attached hydrogen (secondary N) is 1. The lowest BCUT2D eigenvalue weighted by atomic mass is 10.2. The molecule has 0 bridgehead atoms. The van der Waals surface area contributed by atoms with E-state index in [2.05, 4.69) is 5.32 Å². The number of rotatable bonds is 8. The van der Waals surface area contributed by atoms with Crippen molar-refractivity contribution in [1.82, 2.24) is 0 Å². The fourth-order valence-electron chi connectivity index (χ4n) is 2.61. The van der Waals surface area contributed by atoms with Gasteiger partial charge in [0.1, 0.15) is 5.82 Å². The number of carbonyl (C=O) groups excluding carboxylic acids is 2. The first-order valence-electron chi connectivity index (χ1n) is 8.89. The Balaban J connectivity index is 1.67. The number of thiophene rings is 1. The van der Waals surface area contributed by atoms with Gasteiger partial charge in [0.2, 0.25) is 5.91 Å². The minimum Gasteiger partial charge on any atom is -0.493 e. The Labute approximate surface area is 176 Å². The zero-order valence-corrected chi connectivity index (χ0v) is 16.9. The highest BCUT2D eigenvalue weighted by molar-refractivity contribution is 7.16. The molecule has 1 aromatic heterocycles. The van der Waals surface area contributed by atoms with E-state index in [4.69, 9.17) is 15.2 Å².